The van der Waals surface area contributed by atoms with Crippen LogP contribution in [-0.2, 0) is 22.6 Å². The maximum atomic E-state index is 12.2. The highest BCUT2D eigenvalue weighted by Crippen LogP contribution is 2.26. The molecule has 0 fully saturated rings. The Kier molecular flexibility index (Phi) is 4.65. The van der Waals surface area contributed by atoms with Gasteiger partial charge in [0.25, 0.3) is 0 Å². The van der Waals surface area contributed by atoms with Gasteiger partial charge in [0.2, 0.25) is 0 Å². The van der Waals surface area contributed by atoms with E-state index < -0.39 is 17.7 Å². The highest BCUT2D eigenvalue weighted by atomic mass is 35.5. The smallest absolute Gasteiger partial charge is 0.410 e. The third-order valence-corrected chi connectivity index (χ3v) is 3.56. The zero-order valence-electron chi connectivity index (χ0n) is 13.2. The van der Waals surface area contributed by atoms with Crippen LogP contribution in [0.25, 0.3) is 0 Å². The summed E-state index contributed by atoms with van der Waals surface area (Å²) in [7, 11) is 1.27. The van der Waals surface area contributed by atoms with Gasteiger partial charge in [0.05, 0.1) is 24.4 Å². The zero-order chi connectivity index (χ0) is 16.5. The van der Waals surface area contributed by atoms with Gasteiger partial charge < -0.3 is 14.4 Å². The van der Waals surface area contributed by atoms with Gasteiger partial charge in [-0.3, -0.25) is 4.68 Å². The second kappa shape index (κ2) is 6.16. The molecule has 122 valence electrons. The molecule has 0 bridgehead atoms. The van der Waals surface area contributed by atoms with Gasteiger partial charge in [0.1, 0.15) is 5.60 Å². The zero-order valence-corrected chi connectivity index (χ0v) is 13.9. The number of hydrogen-bond acceptors (Lipinski definition) is 5. The molecule has 1 amide bonds. The predicted octanol–water partition coefficient (Wildman–Crippen LogP) is 2.46. The van der Waals surface area contributed by atoms with E-state index in [0.29, 0.717) is 25.2 Å². The first-order chi connectivity index (χ1) is 10.2. The van der Waals surface area contributed by atoms with Gasteiger partial charge >= 0.3 is 12.1 Å². The minimum absolute atomic E-state index is 0.0743. The van der Waals surface area contributed by atoms with Crippen LogP contribution in [0.15, 0.2) is 0 Å². The number of fused-ring (bicyclic) bond motifs is 1. The van der Waals surface area contributed by atoms with E-state index in [0.717, 1.165) is 0 Å². The molecule has 0 unspecified atom stereocenters. The summed E-state index contributed by atoms with van der Waals surface area (Å²) >= 11 is 6.23. The van der Waals surface area contributed by atoms with E-state index in [4.69, 9.17) is 16.3 Å². The molecule has 0 atom stereocenters. The lowest BCUT2D eigenvalue weighted by Gasteiger charge is -2.26. The SMILES string of the molecule is COC(=O)c1nn2c(c1Cl)CN(C(=O)OC(C)(C)C)CCC2. The number of carbonyl (C=O) groups excluding carboxylic acids is 2. The average molecular weight is 330 g/mol. The van der Waals surface area contributed by atoms with E-state index in [2.05, 4.69) is 9.84 Å². The van der Waals surface area contributed by atoms with Crippen LogP contribution in [-0.4, -0.2) is 46.0 Å². The van der Waals surface area contributed by atoms with Crippen LogP contribution in [0.4, 0.5) is 4.79 Å². The van der Waals surface area contributed by atoms with Gasteiger partial charge in [-0.2, -0.15) is 5.10 Å². The molecule has 0 saturated carbocycles. The van der Waals surface area contributed by atoms with E-state index in [-0.39, 0.29) is 17.3 Å². The van der Waals surface area contributed by atoms with Gasteiger partial charge in [-0.1, -0.05) is 11.6 Å². The second-order valence-corrected chi connectivity index (χ2v) is 6.46. The first-order valence-corrected chi connectivity index (χ1v) is 7.42. The van der Waals surface area contributed by atoms with Crippen LogP contribution >= 0.6 is 11.6 Å². The average Bonchev–Trinajstić information content (AvgIpc) is 2.62. The number of nitrogens with zero attached hydrogens (tertiary/aromatic N) is 3. The van der Waals surface area contributed by atoms with Crippen molar-refractivity contribution in [3.63, 3.8) is 0 Å². The molecule has 0 aromatic carbocycles. The Hall–Kier alpha value is -1.76. The van der Waals surface area contributed by atoms with Crippen molar-refractivity contribution in [3.05, 3.63) is 16.4 Å². The largest absolute Gasteiger partial charge is 0.464 e. The van der Waals surface area contributed by atoms with Crippen LogP contribution in [0.1, 0.15) is 43.4 Å². The van der Waals surface area contributed by atoms with Crippen molar-refractivity contribution in [2.24, 2.45) is 0 Å². The van der Waals surface area contributed by atoms with Crippen LogP contribution in [0.2, 0.25) is 5.02 Å². The minimum Gasteiger partial charge on any atom is -0.464 e. The summed E-state index contributed by atoms with van der Waals surface area (Å²) in [5, 5.41) is 4.41. The maximum Gasteiger partial charge on any atom is 0.410 e. The van der Waals surface area contributed by atoms with Gasteiger partial charge in [-0.25, -0.2) is 9.59 Å². The fourth-order valence-corrected chi connectivity index (χ4v) is 2.46. The topological polar surface area (TPSA) is 73.7 Å². The number of hydrogen-bond donors (Lipinski definition) is 0. The number of amides is 1. The van der Waals surface area contributed by atoms with Crippen molar-refractivity contribution in [3.8, 4) is 0 Å². The molecule has 0 saturated heterocycles. The fourth-order valence-electron chi connectivity index (χ4n) is 2.19. The van der Waals surface area contributed by atoms with Crippen molar-refractivity contribution in [2.75, 3.05) is 13.7 Å². The van der Waals surface area contributed by atoms with Crippen molar-refractivity contribution in [1.29, 1.82) is 0 Å². The van der Waals surface area contributed by atoms with Crippen LogP contribution in [0, 0.1) is 0 Å². The molecule has 1 aromatic rings. The summed E-state index contributed by atoms with van der Waals surface area (Å²) in [4.78, 5) is 25.4. The first kappa shape index (κ1) is 16.6. The number of aromatic nitrogens is 2. The molecular formula is C14H20ClN3O4. The van der Waals surface area contributed by atoms with Gasteiger partial charge in [-0.15, -0.1) is 0 Å². The normalized spacial score (nSPS) is 15.0. The highest BCUT2D eigenvalue weighted by Gasteiger charge is 2.29. The summed E-state index contributed by atoms with van der Waals surface area (Å²) in [6.45, 7) is 6.81. The predicted molar refractivity (Wildman–Crippen MR) is 79.8 cm³/mol. The molecule has 2 heterocycles. The Morgan fingerprint density at radius 3 is 2.55 bits per heavy atom. The van der Waals surface area contributed by atoms with Crippen LogP contribution in [0.5, 0.6) is 0 Å². The summed E-state index contributed by atoms with van der Waals surface area (Å²) < 4.78 is 11.7. The molecule has 2 rings (SSSR count). The number of rotatable bonds is 1. The Morgan fingerprint density at radius 2 is 1.95 bits per heavy atom. The molecular weight excluding hydrogens is 310 g/mol. The lowest BCUT2D eigenvalue weighted by Crippen LogP contribution is -2.36. The standard InChI is InChI=1S/C14H20ClN3O4/c1-14(2,3)22-13(20)17-6-5-7-18-9(8-17)10(15)11(16-18)12(19)21-4/h5-8H2,1-4H3. The van der Waals surface area contributed by atoms with Crippen LogP contribution < -0.4 is 0 Å². The molecule has 1 aromatic heterocycles. The van der Waals surface area contributed by atoms with Crippen molar-refractivity contribution < 1.29 is 19.1 Å². The molecule has 1 aliphatic heterocycles. The number of carbonyl (C=O) groups is 2. The summed E-state index contributed by atoms with van der Waals surface area (Å²) in [6, 6.07) is 0. The second-order valence-electron chi connectivity index (χ2n) is 6.08. The van der Waals surface area contributed by atoms with Gasteiger partial charge in [0, 0.05) is 13.1 Å². The van der Waals surface area contributed by atoms with Crippen molar-refractivity contribution >= 4 is 23.7 Å². The number of halogens is 1. The van der Waals surface area contributed by atoms with Crippen molar-refractivity contribution in [2.45, 2.75) is 45.9 Å². The lowest BCUT2D eigenvalue weighted by molar-refractivity contribution is 0.0236. The molecule has 8 heteroatoms. The molecule has 0 aliphatic carbocycles. The van der Waals surface area contributed by atoms with E-state index in [1.54, 1.807) is 9.58 Å². The molecule has 22 heavy (non-hydrogen) atoms. The Morgan fingerprint density at radius 1 is 1.27 bits per heavy atom. The lowest BCUT2D eigenvalue weighted by atomic mass is 10.2. The van der Waals surface area contributed by atoms with Crippen LogP contribution in [0.3, 0.4) is 0 Å². The van der Waals surface area contributed by atoms with Gasteiger partial charge in [0.15, 0.2) is 5.69 Å². The molecule has 1 aliphatic rings. The summed E-state index contributed by atoms with van der Waals surface area (Å²) in [5.74, 6) is -0.589. The monoisotopic (exact) mass is 329 g/mol. The number of methoxy groups -OCH3 is 1. The Bertz CT molecular complexity index is 592. The third-order valence-electron chi connectivity index (χ3n) is 3.16. The highest BCUT2D eigenvalue weighted by molar-refractivity contribution is 6.34. The maximum absolute atomic E-state index is 12.2. The molecule has 0 spiro atoms. The van der Waals surface area contributed by atoms with Crippen molar-refractivity contribution in [1.82, 2.24) is 14.7 Å². The molecule has 7 nitrogen and oxygen atoms in total. The Labute approximate surface area is 134 Å². The Balaban J connectivity index is 2.24. The van der Waals surface area contributed by atoms with E-state index in [9.17, 15) is 9.59 Å². The molecule has 0 radical (unpaired) electrons. The van der Waals surface area contributed by atoms with E-state index in [1.165, 1.54) is 7.11 Å². The molecule has 0 N–H and O–H groups in total. The minimum atomic E-state index is -0.589. The fraction of sp³-hybridized carbons (Fsp3) is 0.643. The quantitative estimate of drug-likeness (QED) is 0.740. The third kappa shape index (κ3) is 3.52. The first-order valence-electron chi connectivity index (χ1n) is 7.04. The van der Waals surface area contributed by atoms with E-state index >= 15 is 0 Å². The van der Waals surface area contributed by atoms with Gasteiger partial charge in [-0.05, 0) is 27.2 Å². The summed E-state index contributed by atoms with van der Waals surface area (Å²) in [6.07, 6.45) is 0.294. The number of esters is 1. The summed E-state index contributed by atoms with van der Waals surface area (Å²) in [5.41, 5.74) is 0.126. The number of aryl methyl sites for hydroxylation is 1. The number of ether oxygens (including phenoxy) is 2. The van der Waals surface area contributed by atoms with E-state index in [1.807, 2.05) is 20.8 Å².